The van der Waals surface area contributed by atoms with Crippen molar-refractivity contribution in [1.29, 1.82) is 0 Å². The first kappa shape index (κ1) is 19.4. The molecule has 0 atom stereocenters. The van der Waals surface area contributed by atoms with E-state index in [-0.39, 0.29) is 18.1 Å². The van der Waals surface area contributed by atoms with Gasteiger partial charge in [-0.05, 0) is 38.5 Å². The summed E-state index contributed by atoms with van der Waals surface area (Å²) in [6.07, 6.45) is 0. The van der Waals surface area contributed by atoms with Crippen molar-refractivity contribution in [1.82, 2.24) is 10.2 Å². The van der Waals surface area contributed by atoms with Gasteiger partial charge in [-0.25, -0.2) is 4.79 Å². The fraction of sp³-hybridized carbons (Fsp3) is 0.500. The molecule has 1 aromatic carbocycles. The Morgan fingerprint density at radius 1 is 1.26 bits per heavy atom. The summed E-state index contributed by atoms with van der Waals surface area (Å²) < 4.78 is 16.1. The molecule has 0 aliphatic carbocycles. The number of benzene rings is 1. The number of carbonyl (C=O) groups is 1. The lowest BCUT2D eigenvalue weighted by Gasteiger charge is -2.40. The van der Waals surface area contributed by atoms with E-state index in [0.717, 1.165) is 37.3 Å². The van der Waals surface area contributed by atoms with Crippen molar-refractivity contribution in [3.8, 4) is 5.75 Å². The third-order valence-corrected chi connectivity index (χ3v) is 4.88. The molecule has 0 bridgehead atoms. The van der Waals surface area contributed by atoms with Gasteiger partial charge in [-0.15, -0.1) is 0 Å². The fourth-order valence-corrected chi connectivity index (χ4v) is 3.19. The van der Waals surface area contributed by atoms with Crippen molar-refractivity contribution in [3.63, 3.8) is 0 Å². The fourth-order valence-electron chi connectivity index (χ4n) is 3.19. The first-order valence-electron chi connectivity index (χ1n) is 9.12. The molecule has 2 aromatic rings. The lowest BCUT2D eigenvalue weighted by molar-refractivity contribution is -0.123. The predicted molar refractivity (Wildman–Crippen MR) is 102 cm³/mol. The smallest absolute Gasteiger partial charge is 0.336 e. The van der Waals surface area contributed by atoms with Crippen LogP contribution in [0.15, 0.2) is 33.5 Å². The second kappa shape index (κ2) is 8.10. The molecule has 1 N–H and O–H groups in total. The van der Waals surface area contributed by atoms with Crippen molar-refractivity contribution in [3.05, 3.63) is 40.2 Å². The van der Waals surface area contributed by atoms with Crippen LogP contribution in [0.2, 0.25) is 0 Å². The van der Waals surface area contributed by atoms with Crippen molar-refractivity contribution < 1.29 is 18.7 Å². The summed E-state index contributed by atoms with van der Waals surface area (Å²) in [5, 5.41) is 3.77. The maximum Gasteiger partial charge on any atom is 0.336 e. The standard InChI is InChI=1S/C20H26N2O5/c1-14-10-19(24)27-17-11-15(4-5-16(14)17)26-12-18(23)21-13-20(2,3)22-6-8-25-9-7-22/h4-5,10-11H,6-9,12-13H2,1-3H3,(H,21,23). The molecule has 0 unspecified atom stereocenters. The number of rotatable bonds is 6. The average molecular weight is 374 g/mol. The van der Waals surface area contributed by atoms with Gasteiger partial charge in [0, 0.05) is 42.7 Å². The summed E-state index contributed by atoms with van der Waals surface area (Å²) >= 11 is 0. The van der Waals surface area contributed by atoms with Crippen LogP contribution in [0.3, 0.4) is 0 Å². The van der Waals surface area contributed by atoms with Crippen molar-refractivity contribution in [2.75, 3.05) is 39.5 Å². The molecule has 0 radical (unpaired) electrons. The summed E-state index contributed by atoms with van der Waals surface area (Å²) in [7, 11) is 0. The van der Waals surface area contributed by atoms with Crippen LogP contribution >= 0.6 is 0 Å². The molecule has 146 valence electrons. The number of nitrogens with zero attached hydrogens (tertiary/aromatic N) is 1. The molecule has 1 saturated heterocycles. The van der Waals surface area contributed by atoms with Crippen LogP contribution in [0.5, 0.6) is 5.75 Å². The van der Waals surface area contributed by atoms with E-state index in [2.05, 4.69) is 24.1 Å². The van der Waals surface area contributed by atoms with E-state index in [1.165, 1.54) is 6.07 Å². The Morgan fingerprint density at radius 2 is 2.00 bits per heavy atom. The Hall–Kier alpha value is -2.38. The third-order valence-electron chi connectivity index (χ3n) is 4.88. The summed E-state index contributed by atoms with van der Waals surface area (Å²) in [5.74, 6) is 0.293. The number of amides is 1. The van der Waals surface area contributed by atoms with Crippen LogP contribution in [-0.2, 0) is 9.53 Å². The van der Waals surface area contributed by atoms with E-state index in [1.807, 2.05) is 13.0 Å². The second-order valence-electron chi connectivity index (χ2n) is 7.38. The molecule has 27 heavy (non-hydrogen) atoms. The molecular formula is C20H26N2O5. The Balaban J connectivity index is 1.54. The van der Waals surface area contributed by atoms with Crippen LogP contribution in [0.4, 0.5) is 0 Å². The monoisotopic (exact) mass is 374 g/mol. The quantitative estimate of drug-likeness (QED) is 0.776. The van der Waals surface area contributed by atoms with Gasteiger partial charge < -0.3 is 19.2 Å². The van der Waals surface area contributed by atoms with Crippen molar-refractivity contribution >= 4 is 16.9 Å². The first-order chi connectivity index (χ1) is 12.8. The second-order valence-corrected chi connectivity index (χ2v) is 7.38. The van der Waals surface area contributed by atoms with Crippen LogP contribution in [0, 0.1) is 6.92 Å². The van der Waals surface area contributed by atoms with E-state index in [1.54, 1.807) is 12.1 Å². The molecule has 7 heteroatoms. The number of hydrogen-bond donors (Lipinski definition) is 1. The van der Waals surface area contributed by atoms with E-state index < -0.39 is 5.63 Å². The number of ether oxygens (including phenoxy) is 2. The number of nitrogens with one attached hydrogen (secondary N) is 1. The van der Waals surface area contributed by atoms with Crippen LogP contribution in [-0.4, -0.2) is 55.8 Å². The van der Waals surface area contributed by atoms with Gasteiger partial charge >= 0.3 is 5.63 Å². The van der Waals surface area contributed by atoms with Gasteiger partial charge in [-0.2, -0.15) is 0 Å². The molecule has 1 aliphatic rings. The SMILES string of the molecule is Cc1cc(=O)oc2cc(OCC(=O)NCC(C)(C)N3CCOCC3)ccc12. The molecule has 0 spiro atoms. The zero-order valence-electron chi connectivity index (χ0n) is 16.0. The van der Waals surface area contributed by atoms with Gasteiger partial charge in [-0.3, -0.25) is 9.69 Å². The van der Waals surface area contributed by atoms with Gasteiger partial charge in [-0.1, -0.05) is 0 Å². The zero-order valence-corrected chi connectivity index (χ0v) is 16.0. The highest BCUT2D eigenvalue weighted by atomic mass is 16.5. The molecule has 1 aromatic heterocycles. The third kappa shape index (κ3) is 4.87. The first-order valence-corrected chi connectivity index (χ1v) is 9.12. The van der Waals surface area contributed by atoms with E-state index in [4.69, 9.17) is 13.9 Å². The molecule has 2 heterocycles. The van der Waals surface area contributed by atoms with Gasteiger partial charge in [0.25, 0.3) is 5.91 Å². The van der Waals surface area contributed by atoms with E-state index in [9.17, 15) is 9.59 Å². The van der Waals surface area contributed by atoms with Crippen molar-refractivity contribution in [2.24, 2.45) is 0 Å². The van der Waals surface area contributed by atoms with E-state index in [0.29, 0.717) is 17.9 Å². The lowest BCUT2D eigenvalue weighted by atomic mass is 10.0. The summed E-state index contributed by atoms with van der Waals surface area (Å²) in [5.41, 5.74) is 0.742. The molecule has 1 fully saturated rings. The van der Waals surface area contributed by atoms with Gasteiger partial charge in [0.05, 0.1) is 13.2 Å². The number of hydrogen-bond acceptors (Lipinski definition) is 6. The Bertz CT molecular complexity index is 868. The van der Waals surface area contributed by atoms with E-state index >= 15 is 0 Å². The minimum atomic E-state index is -0.403. The predicted octanol–water partition coefficient (Wildman–Crippen LogP) is 1.71. The Kier molecular flexibility index (Phi) is 5.82. The highest BCUT2D eigenvalue weighted by molar-refractivity contribution is 5.81. The Morgan fingerprint density at radius 3 is 2.74 bits per heavy atom. The summed E-state index contributed by atoms with van der Waals surface area (Å²) in [6, 6.07) is 6.67. The minimum Gasteiger partial charge on any atom is -0.484 e. The van der Waals surface area contributed by atoms with Gasteiger partial charge in [0.15, 0.2) is 6.61 Å². The van der Waals surface area contributed by atoms with Gasteiger partial charge in [0.2, 0.25) is 0 Å². The average Bonchev–Trinajstić information content (AvgIpc) is 2.65. The topological polar surface area (TPSA) is 81.0 Å². The normalized spacial score (nSPS) is 15.7. The molecule has 1 aliphatic heterocycles. The minimum absolute atomic E-state index is 0.0965. The maximum atomic E-state index is 12.2. The maximum absolute atomic E-state index is 12.2. The Labute approximate surface area is 158 Å². The molecular weight excluding hydrogens is 348 g/mol. The van der Waals surface area contributed by atoms with Crippen molar-refractivity contribution in [2.45, 2.75) is 26.3 Å². The van der Waals surface area contributed by atoms with Crippen LogP contribution in [0.25, 0.3) is 11.0 Å². The number of morpholine rings is 1. The number of carbonyl (C=O) groups excluding carboxylic acids is 1. The molecule has 1 amide bonds. The number of aryl methyl sites for hydroxylation is 1. The van der Waals surface area contributed by atoms with Crippen LogP contribution in [0.1, 0.15) is 19.4 Å². The van der Waals surface area contributed by atoms with Crippen LogP contribution < -0.4 is 15.7 Å². The zero-order chi connectivity index (χ0) is 19.4. The van der Waals surface area contributed by atoms with Gasteiger partial charge in [0.1, 0.15) is 11.3 Å². The highest BCUT2D eigenvalue weighted by Crippen LogP contribution is 2.22. The molecule has 7 nitrogen and oxygen atoms in total. The number of fused-ring (bicyclic) bond motifs is 1. The highest BCUT2D eigenvalue weighted by Gasteiger charge is 2.28. The lowest BCUT2D eigenvalue weighted by Crippen LogP contribution is -2.55. The molecule has 3 rings (SSSR count). The molecule has 0 saturated carbocycles. The largest absolute Gasteiger partial charge is 0.484 e. The summed E-state index contributed by atoms with van der Waals surface area (Å²) in [6.45, 7) is 9.66. The summed E-state index contributed by atoms with van der Waals surface area (Å²) in [4.78, 5) is 26.0.